The standard InChI is InChI=1S/C12H11N3O3/c1-18-11-8(12(16)17)3-2-7(10(11)13)9-6-14-4-5-15-9/h2-6H,13H2,1H3,(H,16,17). The van der Waals surface area contributed by atoms with Crippen LogP contribution in [0, 0.1) is 0 Å². The lowest BCUT2D eigenvalue weighted by Crippen LogP contribution is -2.05. The Kier molecular flexibility index (Phi) is 3.09. The Labute approximate surface area is 103 Å². The van der Waals surface area contributed by atoms with E-state index in [1.54, 1.807) is 18.5 Å². The summed E-state index contributed by atoms with van der Waals surface area (Å²) < 4.78 is 5.05. The highest BCUT2D eigenvalue weighted by atomic mass is 16.5. The molecule has 1 heterocycles. The van der Waals surface area contributed by atoms with Gasteiger partial charge in [0, 0.05) is 18.0 Å². The molecule has 2 rings (SSSR count). The minimum absolute atomic E-state index is 0.0163. The molecule has 18 heavy (non-hydrogen) atoms. The van der Waals surface area contributed by atoms with E-state index >= 15 is 0 Å². The van der Waals surface area contributed by atoms with E-state index in [0.717, 1.165) is 0 Å². The van der Waals surface area contributed by atoms with Crippen molar-refractivity contribution >= 4 is 11.7 Å². The van der Waals surface area contributed by atoms with Gasteiger partial charge in [-0.25, -0.2) is 4.79 Å². The van der Waals surface area contributed by atoms with E-state index in [9.17, 15) is 4.79 Å². The van der Waals surface area contributed by atoms with Crippen LogP contribution in [0.3, 0.4) is 0 Å². The molecule has 6 heteroatoms. The van der Waals surface area contributed by atoms with E-state index in [-0.39, 0.29) is 17.0 Å². The molecule has 0 saturated carbocycles. The number of rotatable bonds is 3. The van der Waals surface area contributed by atoms with Gasteiger partial charge in [0.2, 0.25) is 0 Å². The number of aromatic nitrogens is 2. The van der Waals surface area contributed by atoms with E-state index in [2.05, 4.69) is 9.97 Å². The number of methoxy groups -OCH3 is 1. The number of ether oxygens (including phenoxy) is 1. The molecule has 0 aliphatic carbocycles. The lowest BCUT2D eigenvalue weighted by Gasteiger charge is -2.12. The fourth-order valence-corrected chi connectivity index (χ4v) is 1.65. The van der Waals surface area contributed by atoms with Crippen molar-refractivity contribution in [1.82, 2.24) is 9.97 Å². The molecule has 0 fully saturated rings. The van der Waals surface area contributed by atoms with Crippen LogP contribution in [-0.4, -0.2) is 28.2 Å². The molecule has 0 spiro atoms. The summed E-state index contributed by atoms with van der Waals surface area (Å²) in [6, 6.07) is 3.02. The van der Waals surface area contributed by atoms with Crippen molar-refractivity contribution in [3.63, 3.8) is 0 Å². The van der Waals surface area contributed by atoms with Gasteiger partial charge in [-0.3, -0.25) is 9.97 Å². The number of nitrogens with two attached hydrogens (primary N) is 1. The van der Waals surface area contributed by atoms with Gasteiger partial charge in [0.05, 0.1) is 24.7 Å². The molecule has 0 saturated heterocycles. The van der Waals surface area contributed by atoms with Gasteiger partial charge in [-0.05, 0) is 12.1 Å². The van der Waals surface area contributed by atoms with E-state index in [1.807, 2.05) is 0 Å². The van der Waals surface area contributed by atoms with Crippen molar-refractivity contribution in [2.24, 2.45) is 0 Å². The fourth-order valence-electron chi connectivity index (χ4n) is 1.65. The van der Waals surface area contributed by atoms with Gasteiger partial charge in [0.15, 0.2) is 5.75 Å². The molecule has 0 unspecified atom stereocenters. The van der Waals surface area contributed by atoms with Gasteiger partial charge in [-0.15, -0.1) is 0 Å². The fraction of sp³-hybridized carbons (Fsp3) is 0.0833. The van der Waals surface area contributed by atoms with Gasteiger partial charge >= 0.3 is 5.97 Å². The second-order valence-corrected chi connectivity index (χ2v) is 3.50. The van der Waals surface area contributed by atoms with Crippen LogP contribution in [-0.2, 0) is 0 Å². The van der Waals surface area contributed by atoms with E-state index in [1.165, 1.54) is 19.4 Å². The molecule has 0 radical (unpaired) electrons. The molecule has 3 N–H and O–H groups in total. The number of aromatic carboxylic acids is 1. The minimum atomic E-state index is -1.09. The predicted octanol–water partition coefficient (Wildman–Crippen LogP) is 1.43. The zero-order valence-electron chi connectivity index (χ0n) is 9.62. The van der Waals surface area contributed by atoms with E-state index < -0.39 is 5.97 Å². The Morgan fingerprint density at radius 3 is 2.72 bits per heavy atom. The number of nitrogens with zero attached hydrogens (tertiary/aromatic N) is 2. The van der Waals surface area contributed by atoms with E-state index in [0.29, 0.717) is 11.3 Å². The van der Waals surface area contributed by atoms with Crippen LogP contribution < -0.4 is 10.5 Å². The number of hydrogen-bond acceptors (Lipinski definition) is 5. The van der Waals surface area contributed by atoms with Crippen molar-refractivity contribution in [2.45, 2.75) is 0 Å². The minimum Gasteiger partial charge on any atom is -0.494 e. The summed E-state index contributed by atoms with van der Waals surface area (Å²) in [4.78, 5) is 19.1. The molecule has 0 aliphatic rings. The van der Waals surface area contributed by atoms with Crippen LogP contribution in [0.15, 0.2) is 30.7 Å². The monoisotopic (exact) mass is 245 g/mol. The van der Waals surface area contributed by atoms with Crippen LogP contribution in [0.1, 0.15) is 10.4 Å². The molecule has 0 amide bonds. The maximum Gasteiger partial charge on any atom is 0.339 e. The number of carbonyl (C=O) groups is 1. The van der Waals surface area contributed by atoms with Gasteiger partial charge in [0.1, 0.15) is 5.56 Å². The number of carboxylic acids is 1. The van der Waals surface area contributed by atoms with Crippen molar-refractivity contribution in [1.29, 1.82) is 0 Å². The van der Waals surface area contributed by atoms with Gasteiger partial charge in [-0.1, -0.05) is 0 Å². The average molecular weight is 245 g/mol. The summed E-state index contributed by atoms with van der Waals surface area (Å²) in [7, 11) is 1.37. The molecule has 0 bridgehead atoms. The first kappa shape index (κ1) is 11.8. The lowest BCUT2D eigenvalue weighted by molar-refractivity contribution is 0.0693. The first-order valence-electron chi connectivity index (χ1n) is 5.11. The first-order valence-corrected chi connectivity index (χ1v) is 5.11. The third-order valence-corrected chi connectivity index (χ3v) is 2.47. The van der Waals surface area contributed by atoms with Crippen molar-refractivity contribution in [2.75, 3.05) is 12.8 Å². The molecule has 92 valence electrons. The van der Waals surface area contributed by atoms with Crippen LogP contribution in [0.2, 0.25) is 0 Å². The molecule has 0 atom stereocenters. The summed E-state index contributed by atoms with van der Waals surface area (Å²) in [6.07, 6.45) is 4.63. The molecular formula is C12H11N3O3. The number of carboxylic acid groups (broad SMARTS) is 1. The summed E-state index contributed by atoms with van der Waals surface area (Å²) >= 11 is 0. The van der Waals surface area contributed by atoms with Crippen LogP contribution >= 0.6 is 0 Å². The van der Waals surface area contributed by atoms with Crippen molar-refractivity contribution < 1.29 is 14.6 Å². The largest absolute Gasteiger partial charge is 0.494 e. The number of hydrogen-bond donors (Lipinski definition) is 2. The number of nitrogen functional groups attached to an aromatic ring is 1. The molecule has 6 nitrogen and oxygen atoms in total. The highest BCUT2D eigenvalue weighted by Crippen LogP contribution is 2.34. The number of anilines is 1. The van der Waals surface area contributed by atoms with Gasteiger partial charge in [-0.2, -0.15) is 0 Å². The third-order valence-electron chi connectivity index (χ3n) is 2.47. The quantitative estimate of drug-likeness (QED) is 0.794. The summed E-state index contributed by atoms with van der Waals surface area (Å²) in [5.74, 6) is -0.963. The SMILES string of the molecule is COc1c(C(=O)O)ccc(-c2cnccn2)c1N. The van der Waals surface area contributed by atoms with E-state index in [4.69, 9.17) is 15.6 Å². The highest BCUT2D eigenvalue weighted by molar-refractivity contribution is 5.96. The maximum atomic E-state index is 11.0. The Morgan fingerprint density at radius 1 is 1.39 bits per heavy atom. The molecule has 2 aromatic rings. The molecular weight excluding hydrogens is 234 g/mol. The topological polar surface area (TPSA) is 98.3 Å². The maximum absolute atomic E-state index is 11.0. The second-order valence-electron chi connectivity index (χ2n) is 3.50. The second kappa shape index (κ2) is 4.70. The highest BCUT2D eigenvalue weighted by Gasteiger charge is 2.17. The normalized spacial score (nSPS) is 10.1. The lowest BCUT2D eigenvalue weighted by atomic mass is 10.1. The Bertz CT molecular complexity index is 585. The summed E-state index contributed by atoms with van der Waals surface area (Å²) in [5, 5.41) is 9.02. The Balaban J connectivity index is 2.62. The zero-order valence-corrected chi connectivity index (χ0v) is 9.62. The average Bonchev–Trinajstić information content (AvgIpc) is 2.39. The molecule has 0 aliphatic heterocycles. The number of benzene rings is 1. The Hall–Kier alpha value is -2.63. The van der Waals surface area contributed by atoms with Crippen molar-refractivity contribution in [3.05, 3.63) is 36.3 Å². The third kappa shape index (κ3) is 1.95. The van der Waals surface area contributed by atoms with Crippen molar-refractivity contribution in [3.8, 4) is 17.0 Å². The molecule has 1 aromatic carbocycles. The van der Waals surface area contributed by atoms with Gasteiger partial charge < -0.3 is 15.6 Å². The predicted molar refractivity (Wildman–Crippen MR) is 65.4 cm³/mol. The van der Waals surface area contributed by atoms with Crippen LogP contribution in [0.25, 0.3) is 11.3 Å². The van der Waals surface area contributed by atoms with Crippen LogP contribution in [0.5, 0.6) is 5.75 Å². The van der Waals surface area contributed by atoms with Crippen LogP contribution in [0.4, 0.5) is 5.69 Å². The zero-order chi connectivity index (χ0) is 13.1. The smallest absolute Gasteiger partial charge is 0.339 e. The van der Waals surface area contributed by atoms with Gasteiger partial charge in [0.25, 0.3) is 0 Å². The summed E-state index contributed by atoms with van der Waals surface area (Å²) in [5.41, 5.74) is 7.31. The Morgan fingerprint density at radius 2 is 2.17 bits per heavy atom. The summed E-state index contributed by atoms with van der Waals surface area (Å²) in [6.45, 7) is 0. The first-order chi connectivity index (χ1) is 8.65. The molecule has 1 aromatic heterocycles.